The van der Waals surface area contributed by atoms with Crippen LogP contribution in [0.15, 0.2) is 12.5 Å². The van der Waals surface area contributed by atoms with E-state index in [1.165, 1.54) is 5.69 Å². The molecule has 62 valence electrons. The molecular formula is C8H15N3. The second-order valence-corrected chi connectivity index (χ2v) is 2.52. The molecule has 0 unspecified atom stereocenters. The Labute approximate surface area is 67.4 Å². The summed E-state index contributed by atoms with van der Waals surface area (Å²) in [5.41, 5.74) is 1.31. The fraction of sp³-hybridized carbons (Fsp3) is 0.625. The number of aryl methyl sites for hydroxylation is 1. The first kappa shape index (κ1) is 8.27. The van der Waals surface area contributed by atoms with Gasteiger partial charge in [-0.3, -0.25) is 0 Å². The fourth-order valence-corrected chi connectivity index (χ4v) is 1.09. The molecule has 3 nitrogen and oxygen atoms in total. The monoisotopic (exact) mass is 153 g/mol. The van der Waals surface area contributed by atoms with Crippen molar-refractivity contribution in [1.82, 2.24) is 14.9 Å². The molecule has 0 aliphatic carbocycles. The Bertz CT molecular complexity index is 205. The van der Waals surface area contributed by atoms with E-state index < -0.39 is 0 Å². The van der Waals surface area contributed by atoms with Crippen LogP contribution in [0.1, 0.15) is 12.6 Å². The highest BCUT2D eigenvalue weighted by Gasteiger charge is 1.97. The number of hydrogen-bond acceptors (Lipinski definition) is 2. The Morgan fingerprint density at radius 1 is 1.64 bits per heavy atom. The summed E-state index contributed by atoms with van der Waals surface area (Å²) in [7, 11) is 1.96. The summed E-state index contributed by atoms with van der Waals surface area (Å²) < 4.78 is 2.16. The van der Waals surface area contributed by atoms with Crippen molar-refractivity contribution in [2.24, 2.45) is 0 Å². The van der Waals surface area contributed by atoms with Gasteiger partial charge in [-0.25, -0.2) is 4.98 Å². The molecule has 0 aliphatic heterocycles. The normalized spacial score (nSPS) is 10.4. The summed E-state index contributed by atoms with van der Waals surface area (Å²) in [5.74, 6) is 0. The van der Waals surface area contributed by atoms with Gasteiger partial charge in [-0.2, -0.15) is 0 Å². The van der Waals surface area contributed by atoms with E-state index in [1.807, 2.05) is 19.6 Å². The van der Waals surface area contributed by atoms with Crippen LogP contribution in [0.3, 0.4) is 0 Å². The lowest BCUT2D eigenvalue weighted by Gasteiger charge is -2.03. The highest BCUT2D eigenvalue weighted by atomic mass is 15.0. The zero-order valence-corrected chi connectivity index (χ0v) is 7.17. The Hall–Kier alpha value is -0.830. The average Bonchev–Trinajstić information content (AvgIpc) is 2.47. The van der Waals surface area contributed by atoms with Gasteiger partial charge in [-0.05, 0) is 14.0 Å². The Morgan fingerprint density at radius 3 is 3.09 bits per heavy atom. The van der Waals surface area contributed by atoms with Crippen LogP contribution >= 0.6 is 0 Å². The minimum absolute atomic E-state index is 1.01. The van der Waals surface area contributed by atoms with Gasteiger partial charge in [0.05, 0.1) is 6.33 Å². The van der Waals surface area contributed by atoms with Gasteiger partial charge in [0.15, 0.2) is 0 Å². The predicted octanol–water partition coefficient (Wildman–Crippen LogP) is 0.665. The smallest absolute Gasteiger partial charge is 0.0948 e. The van der Waals surface area contributed by atoms with Crippen molar-refractivity contribution in [2.45, 2.75) is 19.9 Å². The van der Waals surface area contributed by atoms with E-state index in [2.05, 4.69) is 21.8 Å². The zero-order valence-electron chi connectivity index (χ0n) is 7.17. The van der Waals surface area contributed by atoms with Crippen molar-refractivity contribution >= 4 is 0 Å². The zero-order chi connectivity index (χ0) is 8.10. The predicted molar refractivity (Wildman–Crippen MR) is 45.5 cm³/mol. The maximum absolute atomic E-state index is 4.08. The van der Waals surface area contributed by atoms with Crippen LogP contribution < -0.4 is 5.32 Å². The van der Waals surface area contributed by atoms with Crippen molar-refractivity contribution in [3.63, 3.8) is 0 Å². The van der Waals surface area contributed by atoms with E-state index >= 15 is 0 Å². The number of aromatic nitrogens is 2. The average molecular weight is 153 g/mol. The first-order chi connectivity index (χ1) is 5.38. The number of nitrogens with one attached hydrogen (secondary N) is 1. The van der Waals surface area contributed by atoms with Crippen molar-refractivity contribution in [3.05, 3.63) is 18.2 Å². The minimum atomic E-state index is 1.01. The molecule has 0 spiro atoms. The van der Waals surface area contributed by atoms with Crippen molar-refractivity contribution in [1.29, 1.82) is 0 Å². The van der Waals surface area contributed by atoms with Crippen LogP contribution in [0, 0.1) is 0 Å². The molecule has 0 radical (unpaired) electrons. The van der Waals surface area contributed by atoms with E-state index in [0.29, 0.717) is 0 Å². The molecule has 1 N–H and O–H groups in total. The number of rotatable bonds is 4. The second kappa shape index (κ2) is 4.13. The lowest BCUT2D eigenvalue weighted by atomic mass is 10.3. The SMILES string of the molecule is CCn1cncc1CCNC. The molecule has 0 atom stereocenters. The molecule has 1 heterocycles. The van der Waals surface area contributed by atoms with Crippen LogP contribution in [-0.4, -0.2) is 23.1 Å². The minimum Gasteiger partial charge on any atom is -0.335 e. The Kier molecular flexibility index (Phi) is 3.11. The molecular weight excluding hydrogens is 138 g/mol. The molecule has 1 aromatic heterocycles. The number of imidazole rings is 1. The van der Waals surface area contributed by atoms with Gasteiger partial charge in [0.25, 0.3) is 0 Å². The van der Waals surface area contributed by atoms with Crippen LogP contribution in [0.25, 0.3) is 0 Å². The molecule has 0 aromatic carbocycles. The van der Waals surface area contributed by atoms with Gasteiger partial charge < -0.3 is 9.88 Å². The van der Waals surface area contributed by atoms with E-state index in [-0.39, 0.29) is 0 Å². The quantitative estimate of drug-likeness (QED) is 0.689. The molecule has 0 saturated heterocycles. The fourth-order valence-electron chi connectivity index (χ4n) is 1.09. The largest absolute Gasteiger partial charge is 0.335 e. The number of nitrogens with zero attached hydrogens (tertiary/aromatic N) is 2. The van der Waals surface area contributed by atoms with E-state index in [0.717, 1.165) is 19.5 Å². The van der Waals surface area contributed by atoms with E-state index in [4.69, 9.17) is 0 Å². The third-order valence-corrected chi connectivity index (χ3v) is 1.77. The van der Waals surface area contributed by atoms with Crippen LogP contribution in [0.2, 0.25) is 0 Å². The Morgan fingerprint density at radius 2 is 2.45 bits per heavy atom. The summed E-state index contributed by atoms with van der Waals surface area (Å²) in [4.78, 5) is 4.08. The maximum Gasteiger partial charge on any atom is 0.0948 e. The first-order valence-corrected chi connectivity index (χ1v) is 4.02. The van der Waals surface area contributed by atoms with Crippen LogP contribution in [0.5, 0.6) is 0 Å². The Balaban J connectivity index is 2.54. The standard InChI is InChI=1S/C8H15N3/c1-3-11-7-10-6-8(11)4-5-9-2/h6-7,9H,3-5H2,1-2H3. The third-order valence-electron chi connectivity index (χ3n) is 1.77. The number of hydrogen-bond donors (Lipinski definition) is 1. The topological polar surface area (TPSA) is 29.9 Å². The van der Waals surface area contributed by atoms with Crippen LogP contribution in [0.4, 0.5) is 0 Å². The highest BCUT2D eigenvalue weighted by molar-refractivity contribution is 4.98. The summed E-state index contributed by atoms with van der Waals surface area (Å²) in [6.45, 7) is 4.16. The van der Waals surface area contributed by atoms with Crippen molar-refractivity contribution in [3.8, 4) is 0 Å². The lowest BCUT2D eigenvalue weighted by molar-refractivity contribution is 0.683. The number of likely N-dealkylation sites (N-methyl/N-ethyl adjacent to an activating group) is 1. The highest BCUT2D eigenvalue weighted by Crippen LogP contribution is 1.98. The molecule has 0 aliphatic rings. The maximum atomic E-state index is 4.08. The van der Waals surface area contributed by atoms with Gasteiger partial charge >= 0.3 is 0 Å². The van der Waals surface area contributed by atoms with Gasteiger partial charge in [-0.1, -0.05) is 0 Å². The summed E-state index contributed by atoms with van der Waals surface area (Å²) in [5, 5.41) is 3.12. The molecule has 0 fully saturated rings. The third kappa shape index (κ3) is 2.05. The molecule has 1 aromatic rings. The molecule has 3 heteroatoms. The summed E-state index contributed by atoms with van der Waals surface area (Å²) in [6, 6.07) is 0. The second-order valence-electron chi connectivity index (χ2n) is 2.52. The van der Waals surface area contributed by atoms with Crippen molar-refractivity contribution in [2.75, 3.05) is 13.6 Å². The molecule has 0 amide bonds. The van der Waals surface area contributed by atoms with Gasteiger partial charge in [-0.15, -0.1) is 0 Å². The molecule has 11 heavy (non-hydrogen) atoms. The lowest BCUT2D eigenvalue weighted by Crippen LogP contribution is -2.12. The summed E-state index contributed by atoms with van der Waals surface area (Å²) >= 11 is 0. The van der Waals surface area contributed by atoms with Gasteiger partial charge in [0.1, 0.15) is 0 Å². The van der Waals surface area contributed by atoms with E-state index in [9.17, 15) is 0 Å². The molecule has 0 bridgehead atoms. The molecule has 1 rings (SSSR count). The van der Waals surface area contributed by atoms with Crippen LogP contribution in [-0.2, 0) is 13.0 Å². The van der Waals surface area contributed by atoms with Gasteiger partial charge in [0, 0.05) is 31.4 Å². The first-order valence-electron chi connectivity index (χ1n) is 4.02. The van der Waals surface area contributed by atoms with Crippen molar-refractivity contribution < 1.29 is 0 Å². The van der Waals surface area contributed by atoms with Gasteiger partial charge in [0.2, 0.25) is 0 Å². The molecule has 0 saturated carbocycles. The summed E-state index contributed by atoms with van der Waals surface area (Å²) in [6.07, 6.45) is 4.87. The van der Waals surface area contributed by atoms with E-state index in [1.54, 1.807) is 0 Å².